The van der Waals surface area contributed by atoms with E-state index in [-0.39, 0.29) is 34.2 Å². The van der Waals surface area contributed by atoms with Crippen LogP contribution in [-0.4, -0.2) is 36.3 Å². The molecule has 0 saturated heterocycles. The van der Waals surface area contributed by atoms with Crippen LogP contribution in [-0.2, 0) is 20.6 Å². The molecule has 1 aromatic carbocycles. The number of rotatable bonds is 6. The molecular weight excluding hydrogens is 402 g/mol. The van der Waals surface area contributed by atoms with Gasteiger partial charge in [0.1, 0.15) is 10.7 Å². The number of halogens is 1. The molecule has 0 atom stereocenters. The third kappa shape index (κ3) is 4.41. The van der Waals surface area contributed by atoms with E-state index < -0.39 is 16.7 Å². The molecule has 2 N–H and O–H groups in total. The quantitative estimate of drug-likeness (QED) is 0.464. The predicted molar refractivity (Wildman–Crippen MR) is 104 cm³/mol. The second kappa shape index (κ2) is 8.10. The smallest absolute Gasteiger partial charge is 0.288 e. The Morgan fingerprint density at radius 1 is 1.21 bits per heavy atom. The maximum absolute atomic E-state index is 12.6. The lowest BCUT2D eigenvalue weighted by atomic mass is 10.2. The molecule has 2 heterocycles. The van der Waals surface area contributed by atoms with Crippen LogP contribution in [0.25, 0.3) is 0 Å². The van der Waals surface area contributed by atoms with Gasteiger partial charge in [-0.3, -0.25) is 29.1 Å². The van der Waals surface area contributed by atoms with Crippen molar-refractivity contribution in [3.05, 3.63) is 68.7 Å². The number of nitro benzene ring substituents is 1. The molecule has 2 amide bonds. The van der Waals surface area contributed by atoms with Crippen LogP contribution >= 0.6 is 11.6 Å². The molecule has 0 bridgehead atoms. The van der Waals surface area contributed by atoms with Crippen molar-refractivity contribution in [3.63, 3.8) is 0 Å². The van der Waals surface area contributed by atoms with E-state index in [1.807, 2.05) is 0 Å². The minimum atomic E-state index is -0.680. The molecule has 0 aliphatic heterocycles. The van der Waals surface area contributed by atoms with Gasteiger partial charge in [0.15, 0.2) is 0 Å². The summed E-state index contributed by atoms with van der Waals surface area (Å²) in [7, 11) is 3.32. The normalized spacial score (nSPS) is 10.6. The highest BCUT2D eigenvalue weighted by Gasteiger charge is 2.21. The number of carbonyl (C=O) groups excluding carboxylic acids is 2. The monoisotopic (exact) mass is 417 g/mol. The van der Waals surface area contributed by atoms with Crippen LogP contribution in [0.1, 0.15) is 26.4 Å². The highest BCUT2D eigenvalue weighted by Crippen LogP contribution is 2.25. The number of hydrogen-bond donors (Lipinski definition) is 2. The number of nitro groups is 1. The van der Waals surface area contributed by atoms with Gasteiger partial charge in [-0.15, -0.1) is 0 Å². The molecule has 0 spiro atoms. The van der Waals surface area contributed by atoms with Crippen molar-refractivity contribution in [2.24, 2.45) is 14.1 Å². The van der Waals surface area contributed by atoms with Crippen molar-refractivity contribution in [3.8, 4) is 0 Å². The number of amides is 2. The minimum Gasteiger partial charge on any atom is -0.346 e. The fourth-order valence-electron chi connectivity index (χ4n) is 2.62. The number of aromatic nitrogens is 4. The molecular formula is C17H16ClN7O4. The summed E-state index contributed by atoms with van der Waals surface area (Å²) >= 11 is 5.77. The van der Waals surface area contributed by atoms with Gasteiger partial charge in [-0.25, -0.2) is 0 Å². The highest BCUT2D eigenvalue weighted by molar-refractivity contribution is 6.32. The van der Waals surface area contributed by atoms with Gasteiger partial charge in [-0.05, 0) is 12.1 Å². The fourth-order valence-corrected chi connectivity index (χ4v) is 2.80. The number of aryl methyl sites for hydroxylation is 2. The van der Waals surface area contributed by atoms with Gasteiger partial charge < -0.3 is 10.6 Å². The predicted octanol–water partition coefficient (Wildman–Crippen LogP) is 1.90. The summed E-state index contributed by atoms with van der Waals surface area (Å²) < 4.78 is 2.93. The average molecular weight is 418 g/mol. The summed E-state index contributed by atoms with van der Waals surface area (Å²) in [4.78, 5) is 35.4. The Labute approximate surface area is 169 Å². The fraction of sp³-hybridized carbons (Fsp3) is 0.176. The molecule has 11 nitrogen and oxygen atoms in total. The second-order valence-corrected chi connectivity index (χ2v) is 6.52. The van der Waals surface area contributed by atoms with Crippen LogP contribution in [0, 0.1) is 10.1 Å². The SMILES string of the molecule is Cn1cc(CNC(=O)c2c(NC(=O)c3ccc(Cl)c([N+](=O)[O-])c3)cnn2C)cn1. The molecule has 0 aliphatic rings. The van der Waals surface area contributed by atoms with Crippen LogP contribution in [0.2, 0.25) is 5.02 Å². The molecule has 0 fully saturated rings. The van der Waals surface area contributed by atoms with E-state index in [4.69, 9.17) is 11.6 Å². The second-order valence-electron chi connectivity index (χ2n) is 6.11. The maximum atomic E-state index is 12.6. The molecule has 29 heavy (non-hydrogen) atoms. The first-order valence-electron chi connectivity index (χ1n) is 8.29. The van der Waals surface area contributed by atoms with Gasteiger partial charge in [0.2, 0.25) is 0 Å². The van der Waals surface area contributed by atoms with Crippen molar-refractivity contribution in [2.75, 3.05) is 5.32 Å². The Hall–Kier alpha value is -3.73. The number of carbonyl (C=O) groups is 2. The van der Waals surface area contributed by atoms with Crippen LogP contribution < -0.4 is 10.6 Å². The summed E-state index contributed by atoms with van der Waals surface area (Å²) in [5, 5.41) is 24.2. The summed E-state index contributed by atoms with van der Waals surface area (Å²) in [6, 6.07) is 3.68. The van der Waals surface area contributed by atoms with Crippen molar-refractivity contribution >= 4 is 34.8 Å². The van der Waals surface area contributed by atoms with Crippen molar-refractivity contribution < 1.29 is 14.5 Å². The summed E-state index contributed by atoms with van der Waals surface area (Å²) in [6.45, 7) is 0.245. The van der Waals surface area contributed by atoms with Gasteiger partial charge >= 0.3 is 0 Å². The van der Waals surface area contributed by atoms with Crippen LogP contribution in [0.4, 0.5) is 11.4 Å². The first-order valence-corrected chi connectivity index (χ1v) is 8.67. The first-order chi connectivity index (χ1) is 13.8. The number of nitrogens with zero attached hydrogens (tertiary/aromatic N) is 5. The van der Waals surface area contributed by atoms with Gasteiger partial charge in [0, 0.05) is 44.0 Å². The number of hydrogen-bond acceptors (Lipinski definition) is 6. The van der Waals surface area contributed by atoms with Gasteiger partial charge in [0.05, 0.1) is 23.0 Å². The summed E-state index contributed by atoms with van der Waals surface area (Å²) in [5.74, 6) is -1.09. The van der Waals surface area contributed by atoms with Crippen LogP contribution in [0.15, 0.2) is 36.8 Å². The molecule has 3 rings (SSSR count). The number of benzene rings is 1. The molecule has 0 unspecified atom stereocenters. The molecule has 150 valence electrons. The Bertz CT molecular complexity index is 1110. The van der Waals surface area contributed by atoms with Crippen LogP contribution in [0.3, 0.4) is 0 Å². The number of anilines is 1. The Balaban J connectivity index is 1.77. The zero-order chi connectivity index (χ0) is 21.1. The first kappa shape index (κ1) is 20.0. The lowest BCUT2D eigenvalue weighted by molar-refractivity contribution is -0.384. The van der Waals surface area contributed by atoms with Crippen molar-refractivity contribution in [1.82, 2.24) is 24.9 Å². The largest absolute Gasteiger partial charge is 0.346 e. The van der Waals surface area contributed by atoms with E-state index in [9.17, 15) is 19.7 Å². The van der Waals surface area contributed by atoms with E-state index in [1.165, 1.54) is 23.0 Å². The van der Waals surface area contributed by atoms with E-state index in [2.05, 4.69) is 20.8 Å². The summed E-state index contributed by atoms with van der Waals surface area (Å²) in [6.07, 6.45) is 4.71. The highest BCUT2D eigenvalue weighted by atomic mass is 35.5. The molecule has 3 aromatic rings. The van der Waals surface area contributed by atoms with Crippen molar-refractivity contribution in [1.29, 1.82) is 0 Å². The van der Waals surface area contributed by atoms with E-state index >= 15 is 0 Å². The number of nitrogens with one attached hydrogen (secondary N) is 2. The lowest BCUT2D eigenvalue weighted by Crippen LogP contribution is -2.26. The molecule has 2 aromatic heterocycles. The van der Waals surface area contributed by atoms with Gasteiger partial charge in [-0.1, -0.05) is 11.6 Å². The van der Waals surface area contributed by atoms with E-state index in [1.54, 1.807) is 31.2 Å². The van der Waals surface area contributed by atoms with Crippen molar-refractivity contribution in [2.45, 2.75) is 6.54 Å². The maximum Gasteiger partial charge on any atom is 0.288 e. The zero-order valence-corrected chi connectivity index (χ0v) is 16.2. The van der Waals surface area contributed by atoms with Crippen LogP contribution in [0.5, 0.6) is 0 Å². The third-order valence-corrected chi connectivity index (χ3v) is 4.34. The molecule has 12 heteroatoms. The van der Waals surface area contributed by atoms with Gasteiger partial charge in [0.25, 0.3) is 17.5 Å². The van der Waals surface area contributed by atoms with E-state index in [0.29, 0.717) is 0 Å². The minimum absolute atomic E-state index is 0.0201. The van der Waals surface area contributed by atoms with E-state index in [0.717, 1.165) is 11.6 Å². The summed E-state index contributed by atoms with van der Waals surface area (Å²) in [5.41, 5.74) is 0.734. The zero-order valence-electron chi connectivity index (χ0n) is 15.4. The molecule has 0 saturated carbocycles. The third-order valence-electron chi connectivity index (χ3n) is 4.02. The Morgan fingerprint density at radius 2 is 1.97 bits per heavy atom. The lowest BCUT2D eigenvalue weighted by Gasteiger charge is -2.09. The Morgan fingerprint density at radius 3 is 2.62 bits per heavy atom. The Kier molecular flexibility index (Phi) is 5.59. The average Bonchev–Trinajstić information content (AvgIpc) is 3.25. The molecule has 0 aliphatic carbocycles. The molecule has 0 radical (unpaired) electrons. The van der Waals surface area contributed by atoms with Gasteiger partial charge in [-0.2, -0.15) is 10.2 Å². The topological polar surface area (TPSA) is 137 Å². The standard InChI is InChI=1S/C17H16ClN7O4/c1-23-9-10(7-20-23)6-19-17(27)15-13(8-21-24(15)2)22-16(26)11-3-4-12(18)14(5-11)25(28)29/h3-5,7-9H,6H2,1-2H3,(H,19,27)(H,22,26).